The molecule has 20 heavy (non-hydrogen) atoms. The van der Waals surface area contributed by atoms with E-state index in [2.05, 4.69) is 24.0 Å². The molecule has 1 saturated heterocycles. The van der Waals surface area contributed by atoms with Gasteiger partial charge in [0.05, 0.1) is 13.7 Å². The number of nitrogens with two attached hydrogens (primary N) is 1. The summed E-state index contributed by atoms with van der Waals surface area (Å²) in [6.07, 6.45) is 0. The van der Waals surface area contributed by atoms with Crippen LogP contribution in [0.3, 0.4) is 0 Å². The van der Waals surface area contributed by atoms with E-state index in [1.807, 2.05) is 17.0 Å². The molecule has 0 saturated carbocycles. The van der Waals surface area contributed by atoms with Gasteiger partial charge in [0.1, 0.15) is 5.75 Å². The van der Waals surface area contributed by atoms with E-state index in [0.29, 0.717) is 6.04 Å². The van der Waals surface area contributed by atoms with Gasteiger partial charge in [0, 0.05) is 32.2 Å². The van der Waals surface area contributed by atoms with Gasteiger partial charge in [-0.2, -0.15) is 0 Å². The van der Waals surface area contributed by atoms with E-state index in [4.69, 9.17) is 10.5 Å². The van der Waals surface area contributed by atoms with Crippen molar-refractivity contribution in [3.8, 4) is 5.75 Å². The number of rotatable bonds is 4. The first-order valence-electron chi connectivity index (χ1n) is 7.01. The molecule has 0 spiro atoms. The Hall–Kier alpha value is -1.59. The topological polar surface area (TPSA) is 58.8 Å². The van der Waals surface area contributed by atoms with E-state index in [1.165, 1.54) is 5.56 Å². The normalized spacial score (nSPS) is 17.9. The van der Waals surface area contributed by atoms with Crippen molar-refractivity contribution in [2.75, 3.05) is 39.8 Å². The molecule has 1 atom stereocenters. The second-order valence-electron chi connectivity index (χ2n) is 5.07. The molecule has 0 radical (unpaired) electrons. The summed E-state index contributed by atoms with van der Waals surface area (Å²) in [6.45, 7) is 5.56. The summed E-state index contributed by atoms with van der Waals surface area (Å²) >= 11 is 0. The monoisotopic (exact) mass is 277 g/mol. The molecule has 5 nitrogen and oxygen atoms in total. The van der Waals surface area contributed by atoms with Crippen molar-refractivity contribution in [3.63, 3.8) is 0 Å². The molecule has 1 heterocycles. The third-order valence-electron chi connectivity index (χ3n) is 3.97. The van der Waals surface area contributed by atoms with Gasteiger partial charge in [-0.25, -0.2) is 0 Å². The van der Waals surface area contributed by atoms with Crippen molar-refractivity contribution in [1.29, 1.82) is 0 Å². The van der Waals surface area contributed by atoms with E-state index < -0.39 is 0 Å². The summed E-state index contributed by atoms with van der Waals surface area (Å²) in [5.74, 6) is 0.921. The minimum absolute atomic E-state index is 0.0404. The Morgan fingerprint density at radius 1 is 1.35 bits per heavy atom. The Bertz CT molecular complexity index is 456. The molecule has 1 amide bonds. The number of hydrogen-bond donors (Lipinski definition) is 1. The van der Waals surface area contributed by atoms with Crippen LogP contribution in [0.4, 0.5) is 0 Å². The van der Waals surface area contributed by atoms with Gasteiger partial charge in [-0.05, 0) is 24.6 Å². The molecule has 110 valence electrons. The Kier molecular flexibility index (Phi) is 4.98. The van der Waals surface area contributed by atoms with Crippen molar-refractivity contribution in [3.05, 3.63) is 29.8 Å². The standard InChI is InChI=1S/C15H23N3O2/c1-12(13-4-3-5-14(10-13)20-2)17-6-8-18(9-7-17)15(19)11-16/h3-5,10,12H,6-9,11,16H2,1-2H3. The van der Waals surface area contributed by atoms with Crippen molar-refractivity contribution in [1.82, 2.24) is 9.80 Å². The van der Waals surface area contributed by atoms with Gasteiger partial charge in [-0.15, -0.1) is 0 Å². The van der Waals surface area contributed by atoms with Gasteiger partial charge in [0.15, 0.2) is 0 Å². The van der Waals surface area contributed by atoms with E-state index >= 15 is 0 Å². The zero-order valence-electron chi connectivity index (χ0n) is 12.2. The van der Waals surface area contributed by atoms with Crippen LogP contribution >= 0.6 is 0 Å². The van der Waals surface area contributed by atoms with Crippen molar-refractivity contribution in [2.45, 2.75) is 13.0 Å². The van der Waals surface area contributed by atoms with Gasteiger partial charge in [0.25, 0.3) is 0 Å². The highest BCUT2D eigenvalue weighted by Crippen LogP contribution is 2.24. The third kappa shape index (κ3) is 3.29. The number of methoxy groups -OCH3 is 1. The molecule has 5 heteroatoms. The van der Waals surface area contributed by atoms with Crippen LogP contribution in [0.1, 0.15) is 18.5 Å². The van der Waals surface area contributed by atoms with Gasteiger partial charge in [0.2, 0.25) is 5.91 Å². The zero-order valence-corrected chi connectivity index (χ0v) is 12.2. The summed E-state index contributed by atoms with van der Waals surface area (Å²) in [5, 5.41) is 0. The number of amides is 1. The van der Waals surface area contributed by atoms with Crippen molar-refractivity contribution >= 4 is 5.91 Å². The molecule has 1 aromatic rings. The number of benzene rings is 1. The number of piperazine rings is 1. The quantitative estimate of drug-likeness (QED) is 0.887. The first kappa shape index (κ1) is 14.8. The molecular formula is C15H23N3O2. The van der Waals surface area contributed by atoms with Crippen LogP contribution in [0.2, 0.25) is 0 Å². The second kappa shape index (κ2) is 6.72. The molecule has 0 aromatic heterocycles. The average molecular weight is 277 g/mol. The summed E-state index contributed by atoms with van der Waals surface area (Å²) in [4.78, 5) is 15.8. The Morgan fingerprint density at radius 2 is 2.05 bits per heavy atom. The van der Waals surface area contributed by atoms with Crippen LogP contribution in [0.25, 0.3) is 0 Å². The lowest BCUT2D eigenvalue weighted by Gasteiger charge is -2.38. The largest absolute Gasteiger partial charge is 0.497 e. The van der Waals surface area contributed by atoms with E-state index in [1.54, 1.807) is 7.11 Å². The Balaban J connectivity index is 1.97. The molecule has 1 unspecified atom stereocenters. The second-order valence-corrected chi connectivity index (χ2v) is 5.07. The van der Waals surface area contributed by atoms with Crippen LogP contribution in [-0.4, -0.2) is 55.5 Å². The predicted molar refractivity (Wildman–Crippen MR) is 78.6 cm³/mol. The van der Waals surface area contributed by atoms with Crippen LogP contribution in [0.5, 0.6) is 5.75 Å². The Morgan fingerprint density at radius 3 is 2.65 bits per heavy atom. The summed E-state index contributed by atoms with van der Waals surface area (Å²) in [7, 11) is 1.68. The van der Waals surface area contributed by atoms with Gasteiger partial charge >= 0.3 is 0 Å². The maximum absolute atomic E-state index is 11.6. The maximum Gasteiger partial charge on any atom is 0.236 e. The molecule has 1 aliphatic heterocycles. The Labute approximate surface area is 120 Å². The van der Waals surface area contributed by atoms with Gasteiger partial charge in [-0.1, -0.05) is 12.1 Å². The zero-order chi connectivity index (χ0) is 14.5. The lowest BCUT2D eigenvalue weighted by atomic mass is 10.1. The number of carbonyl (C=O) groups is 1. The van der Waals surface area contributed by atoms with Crippen LogP contribution in [-0.2, 0) is 4.79 Å². The fourth-order valence-electron chi connectivity index (χ4n) is 2.60. The van der Waals surface area contributed by atoms with E-state index in [-0.39, 0.29) is 12.5 Å². The lowest BCUT2D eigenvalue weighted by Crippen LogP contribution is -2.50. The third-order valence-corrected chi connectivity index (χ3v) is 3.97. The van der Waals surface area contributed by atoms with Crippen molar-refractivity contribution < 1.29 is 9.53 Å². The van der Waals surface area contributed by atoms with Crippen LogP contribution in [0.15, 0.2) is 24.3 Å². The van der Waals surface area contributed by atoms with E-state index in [9.17, 15) is 4.79 Å². The minimum atomic E-state index is 0.0404. The molecule has 2 rings (SSSR count). The fraction of sp³-hybridized carbons (Fsp3) is 0.533. The molecule has 2 N–H and O–H groups in total. The number of ether oxygens (including phenoxy) is 1. The summed E-state index contributed by atoms with van der Waals surface area (Å²) < 4.78 is 5.27. The number of carbonyl (C=O) groups excluding carboxylic acids is 1. The first-order chi connectivity index (χ1) is 9.65. The van der Waals surface area contributed by atoms with Crippen LogP contribution in [0, 0.1) is 0 Å². The molecular weight excluding hydrogens is 254 g/mol. The predicted octanol–water partition coefficient (Wildman–Crippen LogP) is 0.859. The molecule has 0 aliphatic carbocycles. The van der Waals surface area contributed by atoms with Gasteiger partial charge in [-0.3, -0.25) is 9.69 Å². The molecule has 1 aliphatic rings. The molecule has 1 aromatic carbocycles. The maximum atomic E-state index is 11.6. The number of hydrogen-bond acceptors (Lipinski definition) is 4. The SMILES string of the molecule is COc1cccc(C(C)N2CCN(C(=O)CN)CC2)c1. The molecule has 1 fully saturated rings. The molecule has 0 bridgehead atoms. The summed E-state index contributed by atoms with van der Waals surface area (Å²) in [6, 6.07) is 8.47. The van der Waals surface area contributed by atoms with Gasteiger partial charge < -0.3 is 15.4 Å². The smallest absolute Gasteiger partial charge is 0.236 e. The van der Waals surface area contributed by atoms with Crippen molar-refractivity contribution in [2.24, 2.45) is 5.73 Å². The first-order valence-corrected chi connectivity index (χ1v) is 7.01. The highest BCUT2D eigenvalue weighted by atomic mass is 16.5. The minimum Gasteiger partial charge on any atom is -0.497 e. The average Bonchev–Trinajstić information content (AvgIpc) is 2.53. The van der Waals surface area contributed by atoms with E-state index in [0.717, 1.165) is 31.9 Å². The summed E-state index contributed by atoms with van der Waals surface area (Å²) in [5.41, 5.74) is 6.64. The lowest BCUT2D eigenvalue weighted by molar-refractivity contribution is -0.131. The highest BCUT2D eigenvalue weighted by Gasteiger charge is 2.24. The van der Waals surface area contributed by atoms with Crippen LogP contribution < -0.4 is 10.5 Å². The number of nitrogens with zero attached hydrogens (tertiary/aromatic N) is 2. The fourth-order valence-corrected chi connectivity index (χ4v) is 2.60. The highest BCUT2D eigenvalue weighted by molar-refractivity contribution is 5.78.